The van der Waals surface area contributed by atoms with E-state index < -0.39 is 0 Å². The van der Waals surface area contributed by atoms with Gasteiger partial charge in [0.15, 0.2) is 0 Å². The first kappa shape index (κ1) is 15.0. The molecule has 0 aliphatic heterocycles. The van der Waals surface area contributed by atoms with Gasteiger partial charge in [0.1, 0.15) is 0 Å². The van der Waals surface area contributed by atoms with Gasteiger partial charge in [-0.15, -0.1) is 0 Å². The van der Waals surface area contributed by atoms with Crippen molar-refractivity contribution in [2.75, 3.05) is 6.61 Å². The third-order valence-electron chi connectivity index (χ3n) is 3.02. The van der Waals surface area contributed by atoms with Crippen molar-refractivity contribution in [1.29, 1.82) is 0 Å². The number of aryl methyl sites for hydroxylation is 1. The molecule has 0 spiro atoms. The van der Waals surface area contributed by atoms with Gasteiger partial charge in [-0.3, -0.25) is 9.79 Å². The van der Waals surface area contributed by atoms with Crippen LogP contribution >= 0.6 is 0 Å². The number of hydrogen-bond donors (Lipinski definition) is 0. The van der Waals surface area contributed by atoms with Gasteiger partial charge in [-0.2, -0.15) is 0 Å². The lowest BCUT2D eigenvalue weighted by Crippen LogP contribution is -2.12. The Kier molecular flexibility index (Phi) is 5.27. The SMILES string of the molecule is CCOC(=O)CC(=Nc1ccccc1)c1ccc(C)cc1. The molecule has 0 saturated heterocycles. The monoisotopic (exact) mass is 281 g/mol. The molecule has 2 rings (SSSR count). The minimum absolute atomic E-state index is 0.172. The van der Waals surface area contributed by atoms with Gasteiger partial charge in [-0.1, -0.05) is 48.0 Å². The van der Waals surface area contributed by atoms with Crippen LogP contribution in [-0.4, -0.2) is 18.3 Å². The standard InChI is InChI=1S/C18H19NO2/c1-3-21-18(20)13-17(15-11-9-14(2)10-12-15)19-16-7-5-4-6-8-16/h4-12H,3,13H2,1-2H3. The molecule has 0 aliphatic carbocycles. The van der Waals surface area contributed by atoms with Gasteiger partial charge in [0.2, 0.25) is 0 Å². The number of benzene rings is 2. The maximum atomic E-state index is 11.8. The fourth-order valence-electron chi connectivity index (χ4n) is 1.96. The lowest BCUT2D eigenvalue weighted by molar-refractivity contribution is -0.141. The maximum Gasteiger partial charge on any atom is 0.311 e. The summed E-state index contributed by atoms with van der Waals surface area (Å²) in [6, 6.07) is 17.6. The lowest BCUT2D eigenvalue weighted by Gasteiger charge is -2.07. The molecule has 0 aliphatic rings. The number of nitrogens with zero attached hydrogens (tertiary/aromatic N) is 1. The van der Waals surface area contributed by atoms with Gasteiger partial charge >= 0.3 is 5.97 Å². The fourth-order valence-corrected chi connectivity index (χ4v) is 1.96. The van der Waals surface area contributed by atoms with E-state index in [4.69, 9.17) is 4.74 Å². The number of para-hydroxylation sites is 1. The van der Waals surface area contributed by atoms with E-state index in [0.29, 0.717) is 6.61 Å². The maximum absolute atomic E-state index is 11.8. The summed E-state index contributed by atoms with van der Waals surface area (Å²) < 4.78 is 5.04. The third kappa shape index (κ3) is 4.56. The molecule has 2 aromatic rings. The molecular weight excluding hydrogens is 262 g/mol. The minimum atomic E-state index is -0.257. The smallest absolute Gasteiger partial charge is 0.311 e. The van der Waals surface area contributed by atoms with E-state index in [9.17, 15) is 4.79 Å². The van der Waals surface area contributed by atoms with E-state index in [1.54, 1.807) is 6.92 Å². The zero-order valence-corrected chi connectivity index (χ0v) is 12.4. The van der Waals surface area contributed by atoms with Crippen molar-refractivity contribution in [1.82, 2.24) is 0 Å². The summed E-state index contributed by atoms with van der Waals surface area (Å²) >= 11 is 0. The van der Waals surface area contributed by atoms with Crippen molar-refractivity contribution in [2.45, 2.75) is 20.3 Å². The summed E-state index contributed by atoms with van der Waals surface area (Å²) in [7, 11) is 0. The van der Waals surface area contributed by atoms with Gasteiger partial charge in [0.05, 0.1) is 24.4 Å². The van der Waals surface area contributed by atoms with Gasteiger partial charge in [-0.05, 0) is 31.5 Å². The summed E-state index contributed by atoms with van der Waals surface area (Å²) in [5.41, 5.74) is 3.67. The molecule has 0 fully saturated rings. The molecule has 21 heavy (non-hydrogen) atoms. The van der Waals surface area contributed by atoms with Crippen molar-refractivity contribution >= 4 is 17.4 Å². The number of carbonyl (C=O) groups excluding carboxylic acids is 1. The Morgan fingerprint density at radius 1 is 1.05 bits per heavy atom. The zero-order chi connectivity index (χ0) is 15.1. The number of rotatable bonds is 5. The van der Waals surface area contributed by atoms with Crippen LogP contribution in [0.25, 0.3) is 0 Å². The Bertz CT molecular complexity index is 615. The molecule has 0 aromatic heterocycles. The van der Waals surface area contributed by atoms with Crippen LogP contribution in [0.5, 0.6) is 0 Å². The highest BCUT2D eigenvalue weighted by atomic mass is 16.5. The van der Waals surface area contributed by atoms with Crippen molar-refractivity contribution in [3.05, 3.63) is 65.7 Å². The average molecular weight is 281 g/mol. The average Bonchev–Trinajstić information content (AvgIpc) is 2.49. The second-order valence-corrected chi connectivity index (χ2v) is 4.74. The first-order valence-corrected chi connectivity index (χ1v) is 7.04. The second-order valence-electron chi connectivity index (χ2n) is 4.74. The Balaban J connectivity index is 2.32. The molecule has 0 unspecified atom stereocenters. The molecule has 3 nitrogen and oxygen atoms in total. The van der Waals surface area contributed by atoms with E-state index in [-0.39, 0.29) is 12.4 Å². The summed E-state index contributed by atoms with van der Waals surface area (Å²) in [5.74, 6) is -0.257. The van der Waals surface area contributed by atoms with Gasteiger partial charge in [0.25, 0.3) is 0 Å². The molecule has 0 N–H and O–H groups in total. The van der Waals surface area contributed by atoms with Crippen LogP contribution < -0.4 is 0 Å². The van der Waals surface area contributed by atoms with Gasteiger partial charge in [0, 0.05) is 0 Å². The van der Waals surface area contributed by atoms with Crippen LogP contribution in [0, 0.1) is 6.92 Å². The van der Waals surface area contributed by atoms with E-state index in [2.05, 4.69) is 4.99 Å². The Morgan fingerprint density at radius 3 is 2.33 bits per heavy atom. The highest BCUT2D eigenvalue weighted by Crippen LogP contribution is 2.16. The summed E-state index contributed by atoms with van der Waals surface area (Å²) in [6.07, 6.45) is 0.172. The van der Waals surface area contributed by atoms with E-state index >= 15 is 0 Å². The van der Waals surface area contributed by atoms with Crippen LogP contribution in [-0.2, 0) is 9.53 Å². The van der Waals surface area contributed by atoms with Crippen LogP contribution in [0.1, 0.15) is 24.5 Å². The molecule has 0 amide bonds. The fraction of sp³-hybridized carbons (Fsp3) is 0.222. The first-order valence-electron chi connectivity index (χ1n) is 7.04. The molecule has 108 valence electrons. The number of ether oxygens (including phenoxy) is 1. The van der Waals surface area contributed by atoms with Crippen LogP contribution in [0.3, 0.4) is 0 Å². The molecule has 0 atom stereocenters. The summed E-state index contributed by atoms with van der Waals surface area (Å²) in [5, 5.41) is 0. The van der Waals surface area contributed by atoms with Gasteiger partial charge in [-0.25, -0.2) is 0 Å². The quantitative estimate of drug-likeness (QED) is 0.612. The van der Waals surface area contributed by atoms with Crippen molar-refractivity contribution in [2.24, 2.45) is 4.99 Å². The van der Waals surface area contributed by atoms with Crippen molar-refractivity contribution in [3.63, 3.8) is 0 Å². The minimum Gasteiger partial charge on any atom is -0.466 e. The number of esters is 1. The van der Waals surface area contributed by atoms with Crippen LogP contribution in [0.2, 0.25) is 0 Å². The highest BCUT2D eigenvalue weighted by molar-refractivity contribution is 6.10. The summed E-state index contributed by atoms with van der Waals surface area (Å²) in [4.78, 5) is 16.4. The predicted molar refractivity (Wildman–Crippen MR) is 85.1 cm³/mol. The first-order chi connectivity index (χ1) is 10.2. The lowest BCUT2D eigenvalue weighted by atomic mass is 10.1. The van der Waals surface area contributed by atoms with Gasteiger partial charge < -0.3 is 4.74 Å². The highest BCUT2D eigenvalue weighted by Gasteiger charge is 2.11. The van der Waals surface area contributed by atoms with E-state index in [1.807, 2.05) is 61.5 Å². The van der Waals surface area contributed by atoms with E-state index in [0.717, 1.165) is 17.0 Å². The zero-order valence-electron chi connectivity index (χ0n) is 12.4. The number of carbonyl (C=O) groups is 1. The van der Waals surface area contributed by atoms with E-state index in [1.165, 1.54) is 5.56 Å². The topological polar surface area (TPSA) is 38.7 Å². The van der Waals surface area contributed by atoms with Crippen molar-refractivity contribution in [3.8, 4) is 0 Å². The second kappa shape index (κ2) is 7.39. The van der Waals surface area contributed by atoms with Crippen LogP contribution in [0.15, 0.2) is 59.6 Å². The molecule has 0 heterocycles. The summed E-state index contributed by atoms with van der Waals surface area (Å²) in [6.45, 7) is 4.21. The number of aliphatic imine (C=N–C) groups is 1. The Hall–Kier alpha value is -2.42. The van der Waals surface area contributed by atoms with Crippen LogP contribution in [0.4, 0.5) is 5.69 Å². The number of hydrogen-bond acceptors (Lipinski definition) is 3. The molecular formula is C18H19NO2. The third-order valence-corrected chi connectivity index (χ3v) is 3.02. The molecule has 3 heteroatoms. The molecule has 2 aromatic carbocycles. The Labute approximate surface area is 125 Å². The molecule has 0 radical (unpaired) electrons. The Morgan fingerprint density at radius 2 is 1.71 bits per heavy atom. The largest absolute Gasteiger partial charge is 0.466 e. The molecule has 0 bridgehead atoms. The predicted octanol–water partition coefficient (Wildman–Crippen LogP) is 4.07. The molecule has 0 saturated carbocycles. The van der Waals surface area contributed by atoms with Crippen molar-refractivity contribution < 1.29 is 9.53 Å². The normalized spacial score (nSPS) is 11.2.